The molecule has 3 rings (SSSR count). The lowest BCUT2D eigenvalue weighted by Crippen LogP contribution is -2.12. The maximum absolute atomic E-state index is 11.1. The van der Waals surface area contributed by atoms with Crippen molar-refractivity contribution in [1.82, 2.24) is 4.98 Å². The molecule has 7 nitrogen and oxygen atoms in total. The van der Waals surface area contributed by atoms with Crippen molar-refractivity contribution in [2.24, 2.45) is 0 Å². The highest BCUT2D eigenvalue weighted by atomic mass is 16.5. The van der Waals surface area contributed by atoms with Gasteiger partial charge in [0.1, 0.15) is 23.9 Å². The fraction of sp³-hybridized carbons (Fsp3) is 0.167. The van der Waals surface area contributed by atoms with Crippen molar-refractivity contribution in [3.8, 4) is 17.2 Å². The van der Waals surface area contributed by atoms with E-state index in [4.69, 9.17) is 19.3 Å². The van der Waals surface area contributed by atoms with Crippen LogP contribution in [0.15, 0.2) is 72.6 Å². The molecule has 0 aliphatic heterocycles. The van der Waals surface area contributed by atoms with E-state index in [0.29, 0.717) is 30.4 Å². The predicted octanol–water partition coefficient (Wildman–Crippen LogP) is 4.37. The molecule has 0 atom stereocenters. The molecule has 0 unspecified atom stereocenters. The number of carbonyl (C=O) groups is 1. The van der Waals surface area contributed by atoms with Crippen LogP contribution in [0, 0.1) is 0 Å². The van der Waals surface area contributed by atoms with Crippen LogP contribution in [0.1, 0.15) is 15.9 Å². The molecule has 0 bridgehead atoms. The Bertz CT molecular complexity index is 1010. The van der Waals surface area contributed by atoms with E-state index in [9.17, 15) is 4.79 Å². The van der Waals surface area contributed by atoms with Gasteiger partial charge in [-0.1, -0.05) is 18.2 Å². The highest BCUT2D eigenvalue weighted by Gasteiger charge is 2.07. The summed E-state index contributed by atoms with van der Waals surface area (Å²) in [7, 11) is 3.17. The molecule has 7 heteroatoms. The number of carboxylic acid groups (broad SMARTS) is 1. The van der Waals surface area contributed by atoms with Gasteiger partial charge in [0.2, 0.25) is 0 Å². The van der Waals surface area contributed by atoms with Gasteiger partial charge in [0.05, 0.1) is 25.5 Å². The molecule has 0 amide bonds. The smallest absolute Gasteiger partial charge is 0.335 e. The first-order chi connectivity index (χ1) is 15.1. The maximum Gasteiger partial charge on any atom is 0.335 e. The normalized spacial score (nSPS) is 11.0. The van der Waals surface area contributed by atoms with Crippen molar-refractivity contribution < 1.29 is 24.1 Å². The molecule has 0 saturated heterocycles. The van der Waals surface area contributed by atoms with E-state index in [0.717, 1.165) is 16.8 Å². The minimum Gasteiger partial charge on any atom is -0.496 e. The van der Waals surface area contributed by atoms with Crippen LogP contribution in [-0.2, 0) is 0 Å². The van der Waals surface area contributed by atoms with Gasteiger partial charge < -0.3 is 24.6 Å². The van der Waals surface area contributed by atoms with Crippen molar-refractivity contribution in [3.63, 3.8) is 0 Å². The molecular formula is C24H24N2O5. The number of rotatable bonds is 10. The van der Waals surface area contributed by atoms with Crippen LogP contribution < -0.4 is 19.5 Å². The Morgan fingerprint density at radius 3 is 2.29 bits per heavy atom. The monoisotopic (exact) mass is 420 g/mol. The quantitative estimate of drug-likeness (QED) is 0.503. The third kappa shape index (κ3) is 6.50. The zero-order valence-electron chi connectivity index (χ0n) is 17.4. The van der Waals surface area contributed by atoms with Gasteiger partial charge in [0.15, 0.2) is 0 Å². The Balaban J connectivity index is 1.78. The van der Waals surface area contributed by atoms with Crippen LogP contribution in [0.2, 0.25) is 0 Å². The molecule has 160 valence electrons. The molecule has 0 radical (unpaired) electrons. The van der Waals surface area contributed by atoms with Gasteiger partial charge in [-0.25, -0.2) is 4.79 Å². The van der Waals surface area contributed by atoms with Crippen LogP contribution >= 0.6 is 0 Å². The van der Waals surface area contributed by atoms with Gasteiger partial charge in [0, 0.05) is 37.1 Å². The molecule has 1 heterocycles. The molecule has 1 aromatic heterocycles. The average molecular weight is 420 g/mol. The third-order valence-electron chi connectivity index (χ3n) is 4.46. The summed E-state index contributed by atoms with van der Waals surface area (Å²) in [5.41, 5.74) is 2.96. The topological polar surface area (TPSA) is 89.9 Å². The average Bonchev–Trinajstić information content (AvgIpc) is 2.81. The molecule has 31 heavy (non-hydrogen) atoms. The van der Waals surface area contributed by atoms with Crippen molar-refractivity contribution >= 4 is 17.7 Å². The van der Waals surface area contributed by atoms with E-state index in [1.165, 1.54) is 0 Å². The van der Waals surface area contributed by atoms with Crippen LogP contribution in [0.3, 0.4) is 0 Å². The predicted molar refractivity (Wildman–Crippen MR) is 119 cm³/mol. The largest absolute Gasteiger partial charge is 0.496 e. The van der Waals surface area contributed by atoms with Gasteiger partial charge in [0.25, 0.3) is 0 Å². The van der Waals surface area contributed by atoms with E-state index >= 15 is 0 Å². The number of aromatic carboxylic acids is 1. The second-order valence-electron chi connectivity index (χ2n) is 6.66. The Labute approximate surface area is 180 Å². The van der Waals surface area contributed by atoms with E-state index in [-0.39, 0.29) is 5.56 Å². The van der Waals surface area contributed by atoms with E-state index in [2.05, 4.69) is 10.3 Å². The zero-order valence-corrected chi connectivity index (χ0v) is 17.4. The first-order valence-electron chi connectivity index (χ1n) is 9.60. The Morgan fingerprint density at radius 1 is 1.03 bits per heavy atom. The number of nitrogens with zero attached hydrogens (tertiary/aromatic N) is 1. The van der Waals surface area contributed by atoms with Crippen LogP contribution in [0.25, 0.3) is 6.08 Å². The number of carboxylic acids is 1. The lowest BCUT2D eigenvalue weighted by molar-refractivity contribution is 0.0697. The second-order valence-corrected chi connectivity index (χ2v) is 6.66. The fourth-order valence-electron chi connectivity index (χ4n) is 2.82. The van der Waals surface area contributed by atoms with Crippen LogP contribution in [0.5, 0.6) is 17.2 Å². The van der Waals surface area contributed by atoms with Crippen molar-refractivity contribution in [3.05, 3.63) is 83.7 Å². The van der Waals surface area contributed by atoms with E-state index in [1.54, 1.807) is 69.1 Å². The van der Waals surface area contributed by atoms with E-state index in [1.807, 2.05) is 18.2 Å². The summed E-state index contributed by atoms with van der Waals surface area (Å²) in [5.74, 6) is 0.934. The number of anilines is 1. The number of pyridine rings is 1. The van der Waals surface area contributed by atoms with Crippen molar-refractivity contribution in [2.45, 2.75) is 0 Å². The fourth-order valence-corrected chi connectivity index (χ4v) is 2.82. The Kier molecular flexibility index (Phi) is 7.48. The zero-order chi connectivity index (χ0) is 22.1. The Morgan fingerprint density at radius 2 is 1.71 bits per heavy atom. The molecule has 0 spiro atoms. The molecule has 2 aromatic carbocycles. The first kappa shape index (κ1) is 21.7. The number of hydrogen-bond acceptors (Lipinski definition) is 6. The highest BCUT2D eigenvalue weighted by molar-refractivity contribution is 5.87. The summed E-state index contributed by atoms with van der Waals surface area (Å²) in [6.07, 6.45) is 5.42. The molecule has 0 saturated carbocycles. The number of methoxy groups -OCH3 is 2. The molecule has 3 aromatic rings. The lowest BCUT2D eigenvalue weighted by Gasteiger charge is -2.14. The molecule has 0 fully saturated rings. The van der Waals surface area contributed by atoms with Crippen molar-refractivity contribution in [1.29, 1.82) is 0 Å². The molecule has 0 aliphatic rings. The van der Waals surface area contributed by atoms with Gasteiger partial charge in [-0.2, -0.15) is 0 Å². The number of hydrogen-bond donors (Lipinski definition) is 2. The number of aromatic nitrogens is 1. The number of nitrogens with one attached hydrogen (secondary N) is 1. The molecule has 2 N–H and O–H groups in total. The maximum atomic E-state index is 11.1. The molecule has 0 aliphatic carbocycles. The highest BCUT2D eigenvalue weighted by Crippen LogP contribution is 2.27. The standard InChI is InChI=1S/C24H24N2O5/c1-29-21-11-22(30-2)13-23(12-21)31-16-18(14-26-20-4-3-9-25-15-20)10-17-5-7-19(8-6-17)24(27)28/h3-13,15,26H,14,16H2,1-2H3,(H,27,28). The number of benzene rings is 2. The summed E-state index contributed by atoms with van der Waals surface area (Å²) in [4.78, 5) is 15.2. The summed E-state index contributed by atoms with van der Waals surface area (Å²) < 4.78 is 16.6. The third-order valence-corrected chi connectivity index (χ3v) is 4.46. The minimum atomic E-state index is -0.954. The summed E-state index contributed by atoms with van der Waals surface area (Å²) in [5, 5.41) is 12.4. The van der Waals surface area contributed by atoms with E-state index < -0.39 is 5.97 Å². The second kappa shape index (κ2) is 10.7. The Hall–Kier alpha value is -4.00. The first-order valence-corrected chi connectivity index (χ1v) is 9.60. The summed E-state index contributed by atoms with van der Waals surface area (Å²) >= 11 is 0. The van der Waals surface area contributed by atoms with Crippen LogP contribution in [-0.4, -0.2) is 43.4 Å². The molecular weight excluding hydrogens is 396 g/mol. The lowest BCUT2D eigenvalue weighted by atomic mass is 10.1. The van der Waals surface area contributed by atoms with Gasteiger partial charge in [-0.3, -0.25) is 4.98 Å². The van der Waals surface area contributed by atoms with Gasteiger partial charge in [-0.05, 0) is 35.4 Å². The number of ether oxygens (including phenoxy) is 3. The SMILES string of the molecule is COc1cc(OC)cc(OCC(=Cc2ccc(C(=O)O)cc2)CNc2cccnc2)c1. The van der Waals surface area contributed by atoms with Crippen molar-refractivity contribution in [2.75, 3.05) is 32.7 Å². The van der Waals surface area contributed by atoms with Crippen LogP contribution in [0.4, 0.5) is 5.69 Å². The summed E-state index contributed by atoms with van der Waals surface area (Å²) in [6, 6.07) is 15.8. The van der Waals surface area contributed by atoms with Gasteiger partial charge in [-0.15, -0.1) is 0 Å². The minimum absolute atomic E-state index is 0.243. The summed E-state index contributed by atoms with van der Waals surface area (Å²) in [6.45, 7) is 0.831. The van der Waals surface area contributed by atoms with Gasteiger partial charge >= 0.3 is 5.97 Å².